The van der Waals surface area contributed by atoms with E-state index in [9.17, 15) is 4.39 Å². The molecule has 0 aliphatic heterocycles. The van der Waals surface area contributed by atoms with E-state index in [0.29, 0.717) is 12.2 Å². The molecule has 3 nitrogen and oxygen atoms in total. The van der Waals surface area contributed by atoms with Crippen LogP contribution in [0.5, 0.6) is 0 Å². The number of anilines is 1. The average Bonchev–Trinajstić information content (AvgIpc) is 2.81. The van der Waals surface area contributed by atoms with Crippen LogP contribution < -0.4 is 5.32 Å². The molecule has 0 fully saturated rings. The number of nitrogens with zero attached hydrogens (tertiary/aromatic N) is 2. The SMILES string of the molecule is Fc1ccccc1NCc1cnn2ccccc12. The molecule has 0 aliphatic carbocycles. The van der Waals surface area contributed by atoms with Gasteiger partial charge >= 0.3 is 0 Å². The fourth-order valence-corrected chi connectivity index (χ4v) is 1.92. The van der Waals surface area contributed by atoms with Crippen LogP contribution in [0.4, 0.5) is 10.1 Å². The Morgan fingerprint density at radius 1 is 1.11 bits per heavy atom. The molecule has 0 bridgehead atoms. The van der Waals surface area contributed by atoms with Crippen molar-refractivity contribution in [2.75, 3.05) is 5.32 Å². The predicted octanol–water partition coefficient (Wildman–Crippen LogP) is 3.09. The van der Waals surface area contributed by atoms with Gasteiger partial charge in [-0.05, 0) is 24.3 Å². The van der Waals surface area contributed by atoms with E-state index in [0.717, 1.165) is 11.1 Å². The van der Waals surface area contributed by atoms with Crippen molar-refractivity contribution in [2.24, 2.45) is 0 Å². The number of para-hydroxylation sites is 1. The molecule has 1 aromatic carbocycles. The number of hydrogen-bond donors (Lipinski definition) is 1. The third kappa shape index (κ3) is 1.93. The van der Waals surface area contributed by atoms with Gasteiger partial charge in [-0.1, -0.05) is 18.2 Å². The molecular weight excluding hydrogens is 229 g/mol. The molecule has 2 aromatic heterocycles. The first kappa shape index (κ1) is 10.8. The number of nitrogens with one attached hydrogen (secondary N) is 1. The van der Waals surface area contributed by atoms with Crippen LogP contribution >= 0.6 is 0 Å². The second kappa shape index (κ2) is 4.49. The average molecular weight is 241 g/mol. The van der Waals surface area contributed by atoms with Gasteiger partial charge in [0.05, 0.1) is 17.4 Å². The molecule has 0 aliphatic rings. The quantitative estimate of drug-likeness (QED) is 0.763. The van der Waals surface area contributed by atoms with E-state index >= 15 is 0 Å². The van der Waals surface area contributed by atoms with Crippen LogP contribution in [0.2, 0.25) is 0 Å². The summed E-state index contributed by atoms with van der Waals surface area (Å²) >= 11 is 0. The van der Waals surface area contributed by atoms with Crippen LogP contribution in [0, 0.1) is 5.82 Å². The van der Waals surface area contributed by atoms with Crippen LogP contribution in [-0.2, 0) is 6.54 Å². The van der Waals surface area contributed by atoms with Crippen molar-refractivity contribution in [2.45, 2.75) is 6.54 Å². The van der Waals surface area contributed by atoms with E-state index < -0.39 is 0 Å². The van der Waals surface area contributed by atoms with Gasteiger partial charge in [0.15, 0.2) is 0 Å². The minimum absolute atomic E-state index is 0.242. The predicted molar refractivity (Wildman–Crippen MR) is 68.9 cm³/mol. The Morgan fingerprint density at radius 3 is 2.83 bits per heavy atom. The Morgan fingerprint density at radius 2 is 1.94 bits per heavy atom. The Bertz CT molecular complexity index is 675. The molecule has 0 saturated heterocycles. The summed E-state index contributed by atoms with van der Waals surface area (Å²) in [6, 6.07) is 12.5. The highest BCUT2D eigenvalue weighted by Gasteiger charge is 2.04. The Labute approximate surface area is 104 Å². The first-order valence-electron chi connectivity index (χ1n) is 5.74. The number of pyridine rings is 1. The third-order valence-corrected chi connectivity index (χ3v) is 2.85. The fourth-order valence-electron chi connectivity index (χ4n) is 1.92. The van der Waals surface area contributed by atoms with E-state index in [2.05, 4.69) is 10.4 Å². The second-order valence-electron chi connectivity index (χ2n) is 4.03. The highest BCUT2D eigenvalue weighted by atomic mass is 19.1. The highest BCUT2D eigenvalue weighted by molar-refractivity contribution is 5.55. The molecule has 3 aromatic rings. The molecule has 0 spiro atoms. The smallest absolute Gasteiger partial charge is 0.146 e. The van der Waals surface area contributed by atoms with Crippen molar-refractivity contribution in [3.8, 4) is 0 Å². The Hall–Kier alpha value is -2.36. The number of halogens is 1. The van der Waals surface area contributed by atoms with Crippen LogP contribution in [-0.4, -0.2) is 9.61 Å². The van der Waals surface area contributed by atoms with Gasteiger partial charge in [-0.25, -0.2) is 8.91 Å². The summed E-state index contributed by atoms with van der Waals surface area (Å²) in [6.07, 6.45) is 3.69. The van der Waals surface area contributed by atoms with Crippen LogP contribution in [0.1, 0.15) is 5.56 Å². The fraction of sp³-hybridized carbons (Fsp3) is 0.0714. The van der Waals surface area contributed by atoms with Crippen molar-refractivity contribution in [3.05, 3.63) is 66.2 Å². The zero-order valence-electron chi connectivity index (χ0n) is 9.68. The summed E-state index contributed by atoms with van der Waals surface area (Å²) in [5.74, 6) is -0.242. The molecular formula is C14H12FN3. The van der Waals surface area contributed by atoms with E-state index in [4.69, 9.17) is 0 Å². The van der Waals surface area contributed by atoms with Gasteiger partial charge in [-0.3, -0.25) is 0 Å². The van der Waals surface area contributed by atoms with E-state index in [-0.39, 0.29) is 5.82 Å². The van der Waals surface area contributed by atoms with E-state index in [1.165, 1.54) is 6.07 Å². The molecule has 0 radical (unpaired) electrons. The lowest BCUT2D eigenvalue weighted by Crippen LogP contribution is -2.00. The zero-order valence-corrected chi connectivity index (χ0v) is 9.68. The number of benzene rings is 1. The summed E-state index contributed by atoms with van der Waals surface area (Å²) in [5, 5.41) is 7.32. The van der Waals surface area contributed by atoms with Crippen LogP contribution in [0.25, 0.3) is 5.52 Å². The topological polar surface area (TPSA) is 29.3 Å². The van der Waals surface area contributed by atoms with Crippen LogP contribution in [0.3, 0.4) is 0 Å². The van der Waals surface area contributed by atoms with Gasteiger partial charge in [0, 0.05) is 18.3 Å². The summed E-state index contributed by atoms with van der Waals surface area (Å²) < 4.78 is 15.3. The Balaban J connectivity index is 1.83. The summed E-state index contributed by atoms with van der Waals surface area (Å²) in [5.41, 5.74) is 2.58. The zero-order chi connectivity index (χ0) is 12.4. The minimum Gasteiger partial charge on any atom is -0.378 e. The monoisotopic (exact) mass is 241 g/mol. The molecule has 0 saturated carbocycles. The lowest BCUT2D eigenvalue weighted by Gasteiger charge is -2.06. The van der Waals surface area contributed by atoms with Gasteiger partial charge in [-0.15, -0.1) is 0 Å². The van der Waals surface area contributed by atoms with Crippen molar-refractivity contribution in [3.63, 3.8) is 0 Å². The summed E-state index contributed by atoms with van der Waals surface area (Å²) in [7, 11) is 0. The number of aromatic nitrogens is 2. The standard InChI is InChI=1S/C14H12FN3/c15-12-5-1-2-6-13(12)16-9-11-10-17-18-8-4-3-7-14(11)18/h1-8,10,16H,9H2. The number of hydrogen-bond acceptors (Lipinski definition) is 2. The first-order chi connectivity index (χ1) is 8.84. The van der Waals surface area contributed by atoms with E-state index in [1.807, 2.05) is 30.5 Å². The summed E-state index contributed by atoms with van der Waals surface area (Å²) in [6.45, 7) is 0.550. The van der Waals surface area contributed by atoms with Gasteiger partial charge in [0.25, 0.3) is 0 Å². The largest absolute Gasteiger partial charge is 0.378 e. The molecule has 18 heavy (non-hydrogen) atoms. The highest BCUT2D eigenvalue weighted by Crippen LogP contribution is 2.16. The molecule has 2 heterocycles. The second-order valence-corrected chi connectivity index (χ2v) is 4.03. The first-order valence-corrected chi connectivity index (χ1v) is 5.74. The molecule has 1 N–H and O–H groups in total. The van der Waals surface area contributed by atoms with Gasteiger partial charge < -0.3 is 5.32 Å². The Kier molecular flexibility index (Phi) is 2.68. The maximum Gasteiger partial charge on any atom is 0.146 e. The van der Waals surface area contributed by atoms with Gasteiger partial charge in [0.2, 0.25) is 0 Å². The van der Waals surface area contributed by atoms with Crippen molar-refractivity contribution >= 4 is 11.2 Å². The maximum absolute atomic E-state index is 13.4. The van der Waals surface area contributed by atoms with Gasteiger partial charge in [-0.2, -0.15) is 5.10 Å². The third-order valence-electron chi connectivity index (χ3n) is 2.85. The van der Waals surface area contributed by atoms with Crippen LogP contribution in [0.15, 0.2) is 54.9 Å². The molecule has 0 amide bonds. The molecule has 4 heteroatoms. The molecule has 0 unspecified atom stereocenters. The maximum atomic E-state index is 13.4. The van der Waals surface area contributed by atoms with Crippen molar-refractivity contribution < 1.29 is 4.39 Å². The normalized spacial score (nSPS) is 10.7. The molecule has 0 atom stereocenters. The van der Waals surface area contributed by atoms with Gasteiger partial charge in [0.1, 0.15) is 5.82 Å². The minimum atomic E-state index is -0.242. The van der Waals surface area contributed by atoms with Crippen molar-refractivity contribution in [1.82, 2.24) is 9.61 Å². The number of rotatable bonds is 3. The number of fused-ring (bicyclic) bond motifs is 1. The van der Waals surface area contributed by atoms with E-state index in [1.54, 1.807) is 22.8 Å². The molecule has 90 valence electrons. The lowest BCUT2D eigenvalue weighted by molar-refractivity contribution is 0.630. The van der Waals surface area contributed by atoms with Crippen molar-refractivity contribution in [1.29, 1.82) is 0 Å². The lowest BCUT2D eigenvalue weighted by atomic mass is 10.2. The molecule has 3 rings (SSSR count). The summed E-state index contributed by atoms with van der Waals surface area (Å²) in [4.78, 5) is 0.